The van der Waals surface area contributed by atoms with Gasteiger partial charge in [-0.15, -0.1) is 0 Å². The van der Waals surface area contributed by atoms with Crippen molar-refractivity contribution in [1.29, 1.82) is 0 Å². The van der Waals surface area contributed by atoms with Crippen LogP contribution < -0.4 is 43.5 Å². The lowest BCUT2D eigenvalue weighted by atomic mass is 10.1. The molecule has 0 aliphatic carbocycles. The summed E-state index contributed by atoms with van der Waals surface area (Å²) in [6.45, 7) is 3.15. The van der Waals surface area contributed by atoms with E-state index in [1.165, 1.54) is 11.1 Å². The second kappa shape index (κ2) is 7.52. The molecule has 86 valence electrons. The molecule has 0 saturated heterocycles. The Bertz CT molecular complexity index is 401. The fraction of sp³-hybridized carbons (Fsp3) is 0.167. The number of nitrogens with zero attached hydrogens (tertiary/aromatic N) is 1. The molecule has 0 unspecified atom stereocenters. The van der Waals surface area contributed by atoms with Crippen molar-refractivity contribution < 1.29 is 43.5 Å². The van der Waals surface area contributed by atoms with Crippen LogP contribution in [0.2, 0.25) is 0 Å². The van der Waals surface area contributed by atoms with Crippen molar-refractivity contribution in [1.82, 2.24) is 0 Å². The van der Waals surface area contributed by atoms with Crippen LogP contribution in [0.5, 0.6) is 0 Å². The Morgan fingerprint density at radius 3 is 1.94 bits per heavy atom. The maximum Gasteiger partial charge on any atom is 0.169 e. The Morgan fingerprint density at radius 2 is 1.44 bits per heavy atom. The standard InChI is InChI=1S/C12H13N2.2BrH/c1-2-14-9-5-12(6-10-14)11-3-7-13-8-4-11;;/h3-10H,2H2,1H3;2*1H/q+1;;/p-1. The Balaban J connectivity index is 0.00000112. The summed E-state index contributed by atoms with van der Waals surface area (Å²) in [4.78, 5) is 3.02. The minimum atomic E-state index is 0. The molecule has 0 aliphatic rings. The van der Waals surface area contributed by atoms with Crippen LogP contribution >= 0.6 is 0 Å². The van der Waals surface area contributed by atoms with Crippen molar-refractivity contribution in [3.63, 3.8) is 0 Å². The second-order valence-corrected chi connectivity index (χ2v) is 3.21. The predicted molar refractivity (Wildman–Crippen MR) is 54.3 cm³/mol. The monoisotopic (exact) mass is 344 g/mol. The van der Waals surface area contributed by atoms with Crippen LogP contribution in [0.3, 0.4) is 0 Å². The molecule has 2 aromatic rings. The maximum atomic E-state index is 3.02. The van der Waals surface area contributed by atoms with Gasteiger partial charge in [0.2, 0.25) is 0 Å². The molecule has 2 nitrogen and oxygen atoms in total. The van der Waals surface area contributed by atoms with Crippen LogP contribution in [0.25, 0.3) is 11.1 Å². The molecule has 0 radical (unpaired) electrons. The van der Waals surface area contributed by atoms with Gasteiger partial charge in [-0.25, -0.2) is 9.55 Å². The lowest BCUT2D eigenvalue weighted by Crippen LogP contribution is -3.00. The summed E-state index contributed by atoms with van der Waals surface area (Å²) in [6.07, 6.45) is 8.09. The number of hydrogen-bond acceptors (Lipinski definition) is 0. The van der Waals surface area contributed by atoms with Gasteiger partial charge in [0.1, 0.15) is 6.54 Å². The molecule has 0 amide bonds. The van der Waals surface area contributed by atoms with E-state index in [9.17, 15) is 0 Å². The van der Waals surface area contributed by atoms with E-state index in [4.69, 9.17) is 0 Å². The average Bonchev–Trinajstić information content (AvgIpc) is 2.30. The van der Waals surface area contributed by atoms with E-state index in [1.807, 2.05) is 12.4 Å². The molecule has 0 fully saturated rings. The number of hydrogen-bond donors (Lipinski definition) is 0. The molecule has 16 heavy (non-hydrogen) atoms. The number of aryl methyl sites for hydroxylation is 1. The summed E-state index contributed by atoms with van der Waals surface area (Å²) in [5.74, 6) is 0. The summed E-state index contributed by atoms with van der Waals surface area (Å²) in [5.41, 5.74) is 2.50. The van der Waals surface area contributed by atoms with Crippen molar-refractivity contribution in [2.75, 3.05) is 0 Å². The van der Waals surface area contributed by atoms with Crippen molar-refractivity contribution in [2.24, 2.45) is 0 Å². The van der Waals surface area contributed by atoms with Gasteiger partial charge in [0.05, 0.1) is 0 Å². The zero-order valence-electron chi connectivity index (χ0n) is 9.03. The summed E-state index contributed by atoms with van der Waals surface area (Å²) < 4.78 is 2.15. The molecule has 0 spiro atoms. The van der Waals surface area contributed by atoms with E-state index in [0.29, 0.717) is 0 Å². The quantitative estimate of drug-likeness (QED) is 0.488. The Kier molecular flexibility index (Phi) is 7.17. The van der Waals surface area contributed by atoms with E-state index in [1.54, 1.807) is 0 Å². The van der Waals surface area contributed by atoms with E-state index in [2.05, 4.69) is 53.1 Å². The summed E-state index contributed by atoms with van der Waals surface area (Å²) in [7, 11) is 0. The number of pyridine rings is 2. The van der Waals surface area contributed by atoms with Gasteiger partial charge in [0.25, 0.3) is 0 Å². The molecule has 0 atom stereocenters. The smallest absolute Gasteiger partial charge is 0.169 e. The largest absolute Gasteiger partial charge is 1.00 e. The molecule has 0 saturated carbocycles. The van der Waals surface area contributed by atoms with E-state index >= 15 is 0 Å². The number of aromatic amines is 1. The normalized spacial score (nSPS) is 8.81. The molecule has 0 aliphatic heterocycles. The minimum Gasteiger partial charge on any atom is -1.00 e. The molecule has 1 N–H and O–H groups in total. The molecule has 2 rings (SSSR count). The average molecular weight is 346 g/mol. The third-order valence-corrected chi connectivity index (χ3v) is 2.31. The molecule has 0 aromatic carbocycles. The van der Waals surface area contributed by atoms with Gasteiger partial charge >= 0.3 is 0 Å². The Hall–Kier alpha value is -0.740. The number of halogens is 2. The fourth-order valence-corrected chi connectivity index (χ4v) is 1.44. The van der Waals surface area contributed by atoms with Crippen molar-refractivity contribution in [3.8, 4) is 11.1 Å². The first-order chi connectivity index (χ1) is 6.90. The van der Waals surface area contributed by atoms with Gasteiger partial charge in [-0.2, -0.15) is 0 Å². The first-order valence-corrected chi connectivity index (χ1v) is 4.86. The first-order valence-electron chi connectivity index (χ1n) is 4.86. The van der Waals surface area contributed by atoms with Gasteiger partial charge in [-0.3, -0.25) is 0 Å². The summed E-state index contributed by atoms with van der Waals surface area (Å²) in [6, 6.07) is 8.43. The van der Waals surface area contributed by atoms with Crippen molar-refractivity contribution >= 4 is 0 Å². The van der Waals surface area contributed by atoms with Crippen LogP contribution in [0, 0.1) is 0 Å². The summed E-state index contributed by atoms with van der Waals surface area (Å²) in [5, 5.41) is 0. The van der Waals surface area contributed by atoms with E-state index < -0.39 is 0 Å². The zero-order chi connectivity index (χ0) is 9.80. The lowest BCUT2D eigenvalue weighted by Gasteiger charge is -1.97. The van der Waals surface area contributed by atoms with Gasteiger partial charge in [0.15, 0.2) is 24.8 Å². The topological polar surface area (TPSA) is 18.0 Å². The van der Waals surface area contributed by atoms with Gasteiger partial charge in [-0.05, 0) is 18.1 Å². The molecular formula is C12H14Br2N2. The molecule has 2 heterocycles. The van der Waals surface area contributed by atoms with Gasteiger partial charge < -0.3 is 34.0 Å². The number of aromatic nitrogens is 2. The minimum absolute atomic E-state index is 0. The maximum absolute atomic E-state index is 3.02. The van der Waals surface area contributed by atoms with Crippen LogP contribution in [0.4, 0.5) is 0 Å². The molecule has 0 bridgehead atoms. The van der Waals surface area contributed by atoms with Crippen LogP contribution in [-0.4, -0.2) is 0 Å². The fourth-order valence-electron chi connectivity index (χ4n) is 1.44. The Morgan fingerprint density at radius 1 is 0.938 bits per heavy atom. The highest BCUT2D eigenvalue weighted by Crippen LogP contribution is 2.14. The SMILES string of the molecule is CC[n+]1ccc(-c2cc[nH+]cc2)cc1.[Br-].[Br-]. The third kappa shape index (κ3) is 3.68. The highest BCUT2D eigenvalue weighted by Gasteiger charge is 2.00. The molecular weight excluding hydrogens is 332 g/mol. The lowest BCUT2D eigenvalue weighted by molar-refractivity contribution is -0.693. The van der Waals surface area contributed by atoms with Crippen molar-refractivity contribution in [2.45, 2.75) is 13.5 Å². The predicted octanol–water partition coefficient (Wildman–Crippen LogP) is -4.52. The number of nitrogens with one attached hydrogen (secondary N) is 1. The number of H-pyrrole nitrogens is 1. The zero-order valence-corrected chi connectivity index (χ0v) is 12.2. The van der Waals surface area contributed by atoms with E-state index in [0.717, 1.165) is 6.54 Å². The van der Waals surface area contributed by atoms with Gasteiger partial charge in [-0.1, -0.05) is 0 Å². The second-order valence-electron chi connectivity index (χ2n) is 3.21. The first kappa shape index (κ1) is 15.3. The van der Waals surface area contributed by atoms with Crippen molar-refractivity contribution in [3.05, 3.63) is 49.1 Å². The number of rotatable bonds is 2. The van der Waals surface area contributed by atoms with E-state index in [-0.39, 0.29) is 34.0 Å². The molecule has 4 heteroatoms. The molecule has 2 aromatic heterocycles. The highest BCUT2D eigenvalue weighted by molar-refractivity contribution is 5.60. The van der Waals surface area contributed by atoms with Crippen LogP contribution in [-0.2, 0) is 6.54 Å². The Labute approximate surface area is 117 Å². The van der Waals surface area contributed by atoms with Crippen LogP contribution in [0.15, 0.2) is 49.1 Å². The van der Waals surface area contributed by atoms with Crippen LogP contribution in [0.1, 0.15) is 6.92 Å². The third-order valence-electron chi connectivity index (χ3n) is 2.31. The summed E-state index contributed by atoms with van der Waals surface area (Å²) >= 11 is 0. The highest BCUT2D eigenvalue weighted by atomic mass is 79.9. The van der Waals surface area contributed by atoms with Gasteiger partial charge in [0, 0.05) is 24.3 Å².